The van der Waals surface area contributed by atoms with Crippen LogP contribution in [0.3, 0.4) is 0 Å². The fraction of sp³-hybridized carbons (Fsp3) is 0.231. The van der Waals surface area contributed by atoms with Crippen LogP contribution in [0.25, 0.3) is 0 Å². The molecule has 0 aromatic carbocycles. The average Bonchev–Trinajstić information content (AvgIpc) is 2.64. The normalized spacial score (nSPS) is 24.8. The molecule has 0 aliphatic heterocycles. The highest BCUT2D eigenvalue weighted by Crippen LogP contribution is 2.33. The summed E-state index contributed by atoms with van der Waals surface area (Å²) < 4.78 is 37.5. The molecule has 0 saturated carbocycles. The van der Waals surface area contributed by atoms with Crippen molar-refractivity contribution < 1.29 is 13.2 Å². The minimum Gasteiger partial charge on any atom is -0.166 e. The zero-order chi connectivity index (χ0) is 11.8. The first-order valence-electron chi connectivity index (χ1n) is 5.02. The quantitative estimate of drug-likeness (QED) is 0.577. The molecule has 0 aromatic heterocycles. The van der Waals surface area contributed by atoms with Crippen LogP contribution in [0.1, 0.15) is 13.3 Å². The number of allylic oxidation sites excluding steroid dienone is 10. The van der Waals surface area contributed by atoms with Gasteiger partial charge in [-0.2, -0.15) is 13.2 Å². The molecule has 0 unspecified atom stereocenters. The van der Waals surface area contributed by atoms with Gasteiger partial charge >= 0.3 is 6.18 Å². The number of hydrogen-bond donors (Lipinski definition) is 0. The van der Waals surface area contributed by atoms with Crippen molar-refractivity contribution in [2.45, 2.75) is 19.5 Å². The van der Waals surface area contributed by atoms with Gasteiger partial charge in [-0.1, -0.05) is 36.0 Å². The van der Waals surface area contributed by atoms with E-state index in [1.54, 1.807) is 6.08 Å². The van der Waals surface area contributed by atoms with Gasteiger partial charge in [0.2, 0.25) is 0 Å². The summed E-state index contributed by atoms with van der Waals surface area (Å²) >= 11 is 0. The van der Waals surface area contributed by atoms with Gasteiger partial charge in [0, 0.05) is 0 Å². The van der Waals surface area contributed by atoms with Crippen LogP contribution < -0.4 is 0 Å². The molecular weight excluding hydrogens is 213 g/mol. The molecule has 0 atom stereocenters. The lowest BCUT2D eigenvalue weighted by molar-refractivity contribution is -0.0883. The highest BCUT2D eigenvalue weighted by Gasteiger charge is 2.32. The molecule has 16 heavy (non-hydrogen) atoms. The predicted octanol–water partition coefficient (Wildman–Crippen LogP) is 4.25. The van der Waals surface area contributed by atoms with Gasteiger partial charge in [-0.3, -0.25) is 0 Å². The molecule has 0 N–H and O–H groups in total. The number of rotatable bonds is 0. The average molecular weight is 224 g/mol. The van der Waals surface area contributed by atoms with Crippen molar-refractivity contribution >= 4 is 0 Å². The second kappa shape index (κ2) is 3.81. The van der Waals surface area contributed by atoms with E-state index in [-0.39, 0.29) is 0 Å². The Morgan fingerprint density at radius 1 is 1.06 bits per heavy atom. The molecule has 0 bridgehead atoms. The van der Waals surface area contributed by atoms with Crippen molar-refractivity contribution in [2.75, 3.05) is 0 Å². The molecule has 0 saturated heterocycles. The summed E-state index contributed by atoms with van der Waals surface area (Å²) in [5.41, 5.74) is 2.10. The van der Waals surface area contributed by atoms with E-state index in [2.05, 4.69) is 0 Å². The van der Waals surface area contributed by atoms with Gasteiger partial charge in [0.1, 0.15) is 0 Å². The van der Waals surface area contributed by atoms with Crippen LogP contribution in [0.4, 0.5) is 13.2 Å². The fourth-order valence-electron chi connectivity index (χ4n) is 1.75. The molecule has 2 aliphatic rings. The van der Waals surface area contributed by atoms with E-state index >= 15 is 0 Å². The maximum atomic E-state index is 12.5. The zero-order valence-electron chi connectivity index (χ0n) is 8.81. The molecule has 0 aromatic rings. The topological polar surface area (TPSA) is 0 Å². The lowest BCUT2D eigenvalue weighted by Gasteiger charge is -2.13. The Labute approximate surface area is 92.2 Å². The highest BCUT2D eigenvalue weighted by molar-refractivity contribution is 5.53. The van der Waals surface area contributed by atoms with Crippen LogP contribution >= 0.6 is 0 Å². The van der Waals surface area contributed by atoms with Gasteiger partial charge < -0.3 is 0 Å². The Bertz CT molecular complexity index is 454. The SMILES string of the molecule is CC1=CC(=C2C=C(C(F)(F)F)C=CC2)C=C1. The minimum absolute atomic E-state index is 0.559. The summed E-state index contributed by atoms with van der Waals surface area (Å²) in [7, 11) is 0. The van der Waals surface area contributed by atoms with E-state index in [0.717, 1.165) is 22.8 Å². The highest BCUT2D eigenvalue weighted by atomic mass is 19.4. The first kappa shape index (κ1) is 11.0. The monoisotopic (exact) mass is 224 g/mol. The van der Waals surface area contributed by atoms with Crippen molar-refractivity contribution in [2.24, 2.45) is 0 Å². The van der Waals surface area contributed by atoms with Crippen molar-refractivity contribution in [1.29, 1.82) is 0 Å². The molecule has 2 rings (SSSR count). The zero-order valence-corrected chi connectivity index (χ0v) is 8.81. The third kappa shape index (κ3) is 2.18. The first-order valence-corrected chi connectivity index (χ1v) is 5.02. The smallest absolute Gasteiger partial charge is 0.166 e. The third-order valence-electron chi connectivity index (χ3n) is 2.57. The molecule has 0 spiro atoms. The second-order valence-electron chi connectivity index (χ2n) is 3.91. The molecule has 2 aliphatic carbocycles. The van der Waals surface area contributed by atoms with Gasteiger partial charge in [-0.25, -0.2) is 0 Å². The Kier molecular flexibility index (Phi) is 2.62. The van der Waals surface area contributed by atoms with Gasteiger partial charge in [-0.05, 0) is 30.6 Å². The maximum Gasteiger partial charge on any atom is 0.416 e. The maximum absolute atomic E-state index is 12.5. The number of halogens is 3. The van der Waals surface area contributed by atoms with Crippen molar-refractivity contribution in [3.63, 3.8) is 0 Å². The summed E-state index contributed by atoms with van der Waals surface area (Å²) in [6.07, 6.45) is 5.89. The minimum atomic E-state index is -4.26. The van der Waals surface area contributed by atoms with Gasteiger partial charge in [0.15, 0.2) is 0 Å². The number of alkyl halides is 3. The summed E-state index contributed by atoms with van der Waals surface area (Å²) in [5.74, 6) is 0. The van der Waals surface area contributed by atoms with Crippen molar-refractivity contribution in [3.8, 4) is 0 Å². The molecule has 3 heteroatoms. The predicted molar refractivity (Wildman–Crippen MR) is 57.8 cm³/mol. The Morgan fingerprint density at radius 2 is 1.81 bits per heavy atom. The largest absolute Gasteiger partial charge is 0.416 e. The van der Waals surface area contributed by atoms with Crippen LogP contribution in [0, 0.1) is 0 Å². The fourth-order valence-corrected chi connectivity index (χ4v) is 1.75. The van der Waals surface area contributed by atoms with Gasteiger partial charge in [0.25, 0.3) is 0 Å². The lowest BCUT2D eigenvalue weighted by Crippen LogP contribution is -2.11. The standard InChI is InChI=1S/C13H11F3/c1-9-5-6-11(7-9)10-3-2-4-12(8-10)13(14,15)16/h2,4-8H,3H2,1H3. The van der Waals surface area contributed by atoms with Crippen LogP contribution in [0.5, 0.6) is 0 Å². The van der Waals surface area contributed by atoms with E-state index in [4.69, 9.17) is 0 Å². The molecular formula is C13H11F3. The molecule has 0 nitrogen and oxygen atoms in total. The summed E-state index contributed by atoms with van der Waals surface area (Å²) in [6.45, 7) is 1.93. The van der Waals surface area contributed by atoms with Crippen molar-refractivity contribution in [1.82, 2.24) is 0 Å². The van der Waals surface area contributed by atoms with E-state index in [9.17, 15) is 13.2 Å². The first-order chi connectivity index (χ1) is 7.47. The van der Waals surface area contributed by atoms with Crippen LogP contribution in [-0.4, -0.2) is 6.18 Å². The van der Waals surface area contributed by atoms with Crippen LogP contribution in [-0.2, 0) is 0 Å². The summed E-state index contributed by atoms with van der Waals surface area (Å²) in [5, 5.41) is 0. The second-order valence-corrected chi connectivity index (χ2v) is 3.91. The van der Waals surface area contributed by atoms with Crippen molar-refractivity contribution in [3.05, 3.63) is 58.7 Å². The van der Waals surface area contributed by atoms with Crippen LogP contribution in [0.2, 0.25) is 0 Å². The molecule has 0 amide bonds. The van der Waals surface area contributed by atoms with E-state index in [1.807, 2.05) is 25.2 Å². The lowest BCUT2D eigenvalue weighted by atomic mass is 9.97. The Morgan fingerprint density at radius 3 is 2.38 bits per heavy atom. The Hall–Kier alpha value is -1.51. The van der Waals surface area contributed by atoms with E-state index < -0.39 is 11.7 Å². The van der Waals surface area contributed by atoms with E-state index in [0.29, 0.717) is 6.42 Å². The summed E-state index contributed by atoms with van der Waals surface area (Å²) in [6, 6.07) is 0. The molecule has 0 radical (unpaired) electrons. The van der Waals surface area contributed by atoms with E-state index in [1.165, 1.54) is 6.08 Å². The van der Waals surface area contributed by atoms with Crippen LogP contribution in [0.15, 0.2) is 58.7 Å². The summed E-state index contributed by atoms with van der Waals surface area (Å²) in [4.78, 5) is 0. The third-order valence-corrected chi connectivity index (χ3v) is 2.57. The Balaban J connectivity index is 2.38. The van der Waals surface area contributed by atoms with Gasteiger partial charge in [-0.15, -0.1) is 0 Å². The van der Waals surface area contributed by atoms with Gasteiger partial charge in [0.05, 0.1) is 5.57 Å². The molecule has 0 fully saturated rings. The molecule has 0 heterocycles. The number of hydrogen-bond acceptors (Lipinski definition) is 0. The molecule has 84 valence electrons.